The summed E-state index contributed by atoms with van der Waals surface area (Å²) < 4.78 is 1.02. The Morgan fingerprint density at radius 1 is 1.53 bits per heavy atom. The van der Waals surface area contributed by atoms with Crippen LogP contribution in [0.5, 0.6) is 0 Å². The van der Waals surface area contributed by atoms with Gasteiger partial charge < -0.3 is 10.0 Å². The minimum absolute atomic E-state index is 0.00292. The van der Waals surface area contributed by atoms with E-state index in [9.17, 15) is 9.90 Å². The number of hydrogen-bond acceptors (Lipinski definition) is 4. The number of carbonyl (C=O) groups is 1. The summed E-state index contributed by atoms with van der Waals surface area (Å²) in [6, 6.07) is 5.54. The van der Waals surface area contributed by atoms with Gasteiger partial charge in [-0.05, 0) is 24.6 Å². The highest BCUT2D eigenvalue weighted by Crippen LogP contribution is 2.21. The van der Waals surface area contributed by atoms with Crippen LogP contribution in [0.4, 0.5) is 0 Å². The van der Waals surface area contributed by atoms with Crippen molar-refractivity contribution in [1.29, 1.82) is 0 Å². The monoisotopic (exact) mass is 248 g/mol. The second-order valence-electron chi connectivity index (χ2n) is 4.23. The first-order valence-corrected chi connectivity index (χ1v) is 6.42. The Morgan fingerprint density at radius 2 is 2.41 bits per heavy atom. The van der Waals surface area contributed by atoms with Gasteiger partial charge in [-0.2, -0.15) is 0 Å². The van der Waals surface area contributed by atoms with Gasteiger partial charge in [-0.1, -0.05) is 0 Å². The highest BCUT2D eigenvalue weighted by atomic mass is 32.1. The van der Waals surface area contributed by atoms with Crippen LogP contribution < -0.4 is 0 Å². The molecule has 0 radical (unpaired) electrons. The molecular formula is C12H12N2O2S. The molecule has 1 N–H and O–H groups in total. The van der Waals surface area contributed by atoms with Crippen LogP contribution in [0.25, 0.3) is 10.2 Å². The Morgan fingerprint density at radius 3 is 3.18 bits per heavy atom. The minimum Gasteiger partial charge on any atom is -0.391 e. The van der Waals surface area contributed by atoms with Gasteiger partial charge >= 0.3 is 0 Å². The first-order chi connectivity index (χ1) is 8.24. The van der Waals surface area contributed by atoms with Crippen LogP contribution in [0.3, 0.4) is 0 Å². The molecule has 2 aromatic rings. The summed E-state index contributed by atoms with van der Waals surface area (Å²) >= 11 is 1.53. The van der Waals surface area contributed by atoms with Crippen LogP contribution in [-0.4, -0.2) is 40.1 Å². The largest absolute Gasteiger partial charge is 0.391 e. The maximum Gasteiger partial charge on any atom is 0.253 e. The number of amides is 1. The maximum absolute atomic E-state index is 12.2. The van der Waals surface area contributed by atoms with E-state index in [0.717, 1.165) is 10.2 Å². The average Bonchev–Trinajstić information content (AvgIpc) is 2.95. The molecule has 2 heterocycles. The number of rotatable bonds is 1. The van der Waals surface area contributed by atoms with Crippen molar-refractivity contribution in [3.63, 3.8) is 0 Å². The minimum atomic E-state index is -0.369. The zero-order valence-corrected chi connectivity index (χ0v) is 9.98. The van der Waals surface area contributed by atoms with Crippen LogP contribution in [0.15, 0.2) is 23.7 Å². The van der Waals surface area contributed by atoms with E-state index >= 15 is 0 Å². The predicted octanol–water partition coefficient (Wildman–Crippen LogP) is 1.50. The van der Waals surface area contributed by atoms with Crippen molar-refractivity contribution in [2.24, 2.45) is 0 Å². The molecule has 0 bridgehead atoms. The predicted molar refractivity (Wildman–Crippen MR) is 66.1 cm³/mol. The van der Waals surface area contributed by atoms with Crippen molar-refractivity contribution in [2.45, 2.75) is 12.5 Å². The molecule has 88 valence electrons. The van der Waals surface area contributed by atoms with Crippen LogP contribution in [0, 0.1) is 0 Å². The molecule has 1 aromatic heterocycles. The van der Waals surface area contributed by atoms with E-state index in [4.69, 9.17) is 0 Å². The lowest BCUT2D eigenvalue weighted by molar-refractivity contribution is 0.0765. The van der Waals surface area contributed by atoms with Gasteiger partial charge in [0.25, 0.3) is 5.91 Å². The number of aliphatic hydroxyl groups excluding tert-OH is 1. The summed E-state index contributed by atoms with van der Waals surface area (Å²) in [6.07, 6.45) is 0.306. The molecule has 1 atom stereocenters. The van der Waals surface area contributed by atoms with Crippen LogP contribution in [-0.2, 0) is 0 Å². The van der Waals surface area contributed by atoms with E-state index in [-0.39, 0.29) is 12.0 Å². The van der Waals surface area contributed by atoms with Gasteiger partial charge in [0.15, 0.2) is 0 Å². The van der Waals surface area contributed by atoms with Gasteiger partial charge in [-0.15, -0.1) is 11.3 Å². The smallest absolute Gasteiger partial charge is 0.253 e. The summed E-state index contributed by atoms with van der Waals surface area (Å²) in [7, 11) is 0. The molecular weight excluding hydrogens is 236 g/mol. The lowest BCUT2D eigenvalue weighted by atomic mass is 10.2. The van der Waals surface area contributed by atoms with Crippen molar-refractivity contribution < 1.29 is 9.90 Å². The maximum atomic E-state index is 12.2. The highest BCUT2D eigenvalue weighted by molar-refractivity contribution is 7.16. The Labute approximate surface area is 103 Å². The normalized spacial score (nSPS) is 20.1. The molecule has 5 heteroatoms. The highest BCUT2D eigenvalue weighted by Gasteiger charge is 2.25. The number of aliphatic hydroxyl groups is 1. The number of fused-ring (bicyclic) bond motifs is 1. The Bertz CT molecular complexity index is 566. The fourth-order valence-electron chi connectivity index (χ4n) is 2.10. The summed E-state index contributed by atoms with van der Waals surface area (Å²) in [6.45, 7) is 1.08. The summed E-state index contributed by atoms with van der Waals surface area (Å²) in [5, 5.41) is 9.43. The molecule has 0 saturated carbocycles. The molecule has 0 aliphatic carbocycles. The molecule has 1 aliphatic heterocycles. The lowest BCUT2D eigenvalue weighted by Crippen LogP contribution is -2.29. The van der Waals surface area contributed by atoms with E-state index in [0.29, 0.717) is 25.1 Å². The summed E-state index contributed by atoms with van der Waals surface area (Å²) in [5.41, 5.74) is 3.38. The fourth-order valence-corrected chi connectivity index (χ4v) is 2.81. The van der Waals surface area contributed by atoms with Crippen LogP contribution in [0.1, 0.15) is 16.8 Å². The molecule has 0 unspecified atom stereocenters. The van der Waals surface area contributed by atoms with Gasteiger partial charge in [-0.25, -0.2) is 4.98 Å². The molecule has 1 aliphatic rings. The second kappa shape index (κ2) is 4.09. The Balaban J connectivity index is 1.89. The van der Waals surface area contributed by atoms with Gasteiger partial charge in [0.1, 0.15) is 0 Å². The standard InChI is InChI=1S/C12H12N2O2S/c15-9-3-4-14(6-9)12(16)8-1-2-10-11(5-8)17-7-13-10/h1-2,5,7,9,15H,3-4,6H2/t9-/m0/s1. The van der Waals surface area contributed by atoms with E-state index < -0.39 is 0 Å². The van der Waals surface area contributed by atoms with Gasteiger partial charge in [0.2, 0.25) is 0 Å². The zero-order valence-electron chi connectivity index (χ0n) is 9.17. The number of aromatic nitrogens is 1. The number of thiazole rings is 1. The molecule has 17 heavy (non-hydrogen) atoms. The summed E-state index contributed by atoms with van der Waals surface area (Å²) in [4.78, 5) is 18.0. The van der Waals surface area contributed by atoms with Crippen molar-refractivity contribution in [3.05, 3.63) is 29.3 Å². The zero-order chi connectivity index (χ0) is 11.8. The van der Waals surface area contributed by atoms with Crippen molar-refractivity contribution in [1.82, 2.24) is 9.88 Å². The van der Waals surface area contributed by atoms with E-state index in [2.05, 4.69) is 4.98 Å². The number of benzene rings is 1. The third-order valence-electron chi connectivity index (χ3n) is 3.03. The topological polar surface area (TPSA) is 53.4 Å². The fraction of sp³-hybridized carbons (Fsp3) is 0.333. The SMILES string of the molecule is O=C(c1ccc2ncsc2c1)N1CC[C@H](O)C1. The lowest BCUT2D eigenvalue weighted by Gasteiger charge is -2.15. The summed E-state index contributed by atoms with van der Waals surface area (Å²) in [5.74, 6) is -0.00292. The first kappa shape index (κ1) is 10.7. The van der Waals surface area contributed by atoms with E-state index in [1.54, 1.807) is 16.5 Å². The number of carbonyl (C=O) groups excluding carboxylic acids is 1. The van der Waals surface area contributed by atoms with E-state index in [1.165, 1.54) is 11.3 Å². The van der Waals surface area contributed by atoms with Crippen molar-refractivity contribution in [2.75, 3.05) is 13.1 Å². The van der Waals surface area contributed by atoms with Gasteiger partial charge in [0, 0.05) is 18.7 Å². The van der Waals surface area contributed by atoms with Gasteiger partial charge in [-0.3, -0.25) is 4.79 Å². The number of nitrogens with zero attached hydrogens (tertiary/aromatic N) is 2. The molecule has 0 spiro atoms. The molecule has 3 rings (SSSR count). The number of hydrogen-bond donors (Lipinski definition) is 1. The average molecular weight is 248 g/mol. The first-order valence-electron chi connectivity index (χ1n) is 5.54. The third kappa shape index (κ3) is 1.92. The molecule has 4 nitrogen and oxygen atoms in total. The van der Waals surface area contributed by atoms with E-state index in [1.807, 2.05) is 12.1 Å². The second-order valence-corrected chi connectivity index (χ2v) is 5.11. The van der Waals surface area contributed by atoms with Crippen molar-refractivity contribution in [3.8, 4) is 0 Å². The Hall–Kier alpha value is -1.46. The van der Waals surface area contributed by atoms with Gasteiger partial charge in [0.05, 0.1) is 21.8 Å². The quantitative estimate of drug-likeness (QED) is 0.832. The molecule has 1 amide bonds. The Kier molecular flexibility index (Phi) is 2.57. The number of β-amino-alcohol motifs (C(OH)–C–C–N with tert-alkyl or cyclic N) is 1. The van der Waals surface area contributed by atoms with Crippen molar-refractivity contribution >= 4 is 27.5 Å². The molecule has 1 aromatic carbocycles. The molecule has 1 fully saturated rings. The third-order valence-corrected chi connectivity index (χ3v) is 3.82. The van der Waals surface area contributed by atoms with Crippen LogP contribution in [0.2, 0.25) is 0 Å². The number of likely N-dealkylation sites (tertiary alicyclic amines) is 1. The van der Waals surface area contributed by atoms with Crippen LogP contribution >= 0.6 is 11.3 Å². The molecule has 1 saturated heterocycles.